The van der Waals surface area contributed by atoms with Crippen LogP contribution in [0.25, 0.3) is 21.5 Å². The summed E-state index contributed by atoms with van der Waals surface area (Å²) in [7, 11) is 0. The molecule has 0 aliphatic carbocycles. The van der Waals surface area contributed by atoms with Crippen molar-refractivity contribution in [3.05, 3.63) is 96.1 Å². The van der Waals surface area contributed by atoms with Crippen molar-refractivity contribution in [1.29, 1.82) is 0 Å². The molecule has 5 rings (SSSR count). The van der Waals surface area contributed by atoms with Gasteiger partial charge >= 0.3 is 0 Å². The van der Waals surface area contributed by atoms with Gasteiger partial charge in [-0.05, 0) is 64.7 Å². The first-order chi connectivity index (χ1) is 13.1. The van der Waals surface area contributed by atoms with Gasteiger partial charge in [-0.1, -0.05) is 66.7 Å². The van der Waals surface area contributed by atoms with Crippen LogP contribution in [0.5, 0.6) is 0 Å². The molecular weight excluding hydrogens is 328 g/mol. The zero-order valence-electron chi connectivity index (χ0n) is 15.5. The van der Waals surface area contributed by atoms with Crippen LogP contribution in [-0.2, 0) is 0 Å². The predicted octanol–water partition coefficient (Wildman–Crippen LogP) is 6.23. The van der Waals surface area contributed by atoms with Crippen LogP contribution in [0.3, 0.4) is 0 Å². The first-order valence-corrected chi connectivity index (χ1v) is 9.28. The molecule has 1 aliphatic heterocycles. The summed E-state index contributed by atoms with van der Waals surface area (Å²) in [4.78, 5) is 0. The molecule has 0 unspecified atom stereocenters. The van der Waals surface area contributed by atoms with Crippen molar-refractivity contribution in [2.24, 2.45) is 15.6 Å². The lowest BCUT2D eigenvalue weighted by Gasteiger charge is -2.23. The predicted molar refractivity (Wildman–Crippen MR) is 115 cm³/mol. The van der Waals surface area contributed by atoms with Crippen LogP contribution in [0, 0.1) is 5.41 Å². The van der Waals surface area contributed by atoms with Crippen molar-refractivity contribution in [3.63, 3.8) is 0 Å². The van der Waals surface area contributed by atoms with Crippen LogP contribution in [-0.4, -0.2) is 11.4 Å². The van der Waals surface area contributed by atoms with E-state index in [0.717, 1.165) is 22.6 Å². The standard InChI is InChI=1S/C25H20N2/c1-25(2)23(17-8-4-3-5-9-17)26-27-24(25)21-13-12-20-14-18-10-6-7-11-19(18)15-22(20)16-21/h3-16H,1-2H3. The lowest BCUT2D eigenvalue weighted by atomic mass is 9.77. The SMILES string of the molecule is CC1(C)C(c2ccccc2)=NN=C1c1ccc2cc3ccccc3cc2c1. The molecular formula is C25H20N2. The summed E-state index contributed by atoms with van der Waals surface area (Å²) in [5.41, 5.74) is 4.09. The first kappa shape index (κ1) is 16.0. The Hall–Kier alpha value is -3.26. The van der Waals surface area contributed by atoms with Crippen molar-refractivity contribution in [2.45, 2.75) is 13.8 Å². The fourth-order valence-corrected chi connectivity index (χ4v) is 3.98. The maximum absolute atomic E-state index is 4.59. The summed E-state index contributed by atoms with van der Waals surface area (Å²) in [6, 6.07) is 29.9. The van der Waals surface area contributed by atoms with Crippen molar-refractivity contribution >= 4 is 33.0 Å². The van der Waals surface area contributed by atoms with Crippen LogP contribution in [0.1, 0.15) is 25.0 Å². The molecule has 2 heteroatoms. The van der Waals surface area contributed by atoms with Gasteiger partial charge in [0, 0.05) is 0 Å². The fourth-order valence-electron chi connectivity index (χ4n) is 3.98. The number of fused-ring (bicyclic) bond motifs is 2. The lowest BCUT2D eigenvalue weighted by molar-refractivity contribution is 0.745. The molecule has 0 aromatic heterocycles. The Bertz CT molecular complexity index is 1230. The summed E-state index contributed by atoms with van der Waals surface area (Å²) in [5.74, 6) is 0. The topological polar surface area (TPSA) is 24.7 Å². The van der Waals surface area contributed by atoms with E-state index in [2.05, 4.69) is 90.8 Å². The molecule has 0 saturated carbocycles. The van der Waals surface area contributed by atoms with Gasteiger partial charge in [0.15, 0.2) is 0 Å². The summed E-state index contributed by atoms with van der Waals surface area (Å²) >= 11 is 0. The molecule has 27 heavy (non-hydrogen) atoms. The monoisotopic (exact) mass is 348 g/mol. The highest BCUT2D eigenvalue weighted by molar-refractivity contribution is 6.26. The molecule has 0 N–H and O–H groups in total. The van der Waals surface area contributed by atoms with Crippen molar-refractivity contribution in [3.8, 4) is 0 Å². The van der Waals surface area contributed by atoms with E-state index in [9.17, 15) is 0 Å². The number of rotatable bonds is 2. The molecule has 0 amide bonds. The third-order valence-electron chi connectivity index (χ3n) is 5.46. The Labute approximate surface area is 158 Å². The second-order valence-electron chi connectivity index (χ2n) is 7.65. The Kier molecular flexibility index (Phi) is 3.48. The number of hydrogen-bond acceptors (Lipinski definition) is 2. The molecule has 1 heterocycles. The quantitative estimate of drug-likeness (QED) is 0.384. The largest absolute Gasteiger partial charge is 0.154 e. The van der Waals surface area contributed by atoms with E-state index < -0.39 is 0 Å². The number of benzene rings is 4. The minimum Gasteiger partial charge on any atom is -0.154 e. The second kappa shape index (κ2) is 5.88. The fraction of sp³-hybridized carbons (Fsp3) is 0.120. The van der Waals surface area contributed by atoms with E-state index in [0.29, 0.717) is 0 Å². The molecule has 4 aromatic rings. The molecule has 2 nitrogen and oxygen atoms in total. The van der Waals surface area contributed by atoms with Gasteiger partial charge in [-0.25, -0.2) is 0 Å². The first-order valence-electron chi connectivity index (χ1n) is 9.28. The highest BCUT2D eigenvalue weighted by Crippen LogP contribution is 2.34. The average molecular weight is 348 g/mol. The number of nitrogens with zero attached hydrogens (tertiary/aromatic N) is 2. The summed E-state index contributed by atoms with van der Waals surface area (Å²) in [6.45, 7) is 4.41. The Morgan fingerprint density at radius 1 is 0.519 bits per heavy atom. The maximum Gasteiger partial charge on any atom is 0.0819 e. The normalized spacial score (nSPS) is 15.8. The van der Waals surface area contributed by atoms with Crippen LogP contribution in [0.4, 0.5) is 0 Å². The maximum atomic E-state index is 4.59. The van der Waals surface area contributed by atoms with Crippen LogP contribution < -0.4 is 0 Å². The zero-order valence-corrected chi connectivity index (χ0v) is 15.5. The summed E-state index contributed by atoms with van der Waals surface area (Å²) in [5, 5.41) is 14.2. The van der Waals surface area contributed by atoms with E-state index in [-0.39, 0.29) is 5.41 Å². The molecule has 1 aliphatic rings. The van der Waals surface area contributed by atoms with Gasteiger partial charge in [-0.2, -0.15) is 10.2 Å². The van der Waals surface area contributed by atoms with Gasteiger partial charge in [-0.15, -0.1) is 0 Å². The molecule has 0 atom stereocenters. The minimum atomic E-state index is -0.230. The van der Waals surface area contributed by atoms with Crippen molar-refractivity contribution in [1.82, 2.24) is 0 Å². The van der Waals surface area contributed by atoms with Crippen molar-refractivity contribution < 1.29 is 0 Å². The van der Waals surface area contributed by atoms with Gasteiger partial charge in [-0.3, -0.25) is 0 Å². The molecule has 130 valence electrons. The number of hydrogen-bond donors (Lipinski definition) is 0. The van der Waals surface area contributed by atoms with Crippen LogP contribution in [0.2, 0.25) is 0 Å². The van der Waals surface area contributed by atoms with E-state index in [1.165, 1.54) is 21.5 Å². The zero-order chi connectivity index (χ0) is 18.4. The van der Waals surface area contributed by atoms with Gasteiger partial charge in [0.1, 0.15) is 0 Å². The Balaban J connectivity index is 1.59. The van der Waals surface area contributed by atoms with Gasteiger partial charge in [0.05, 0.1) is 16.8 Å². The smallest absolute Gasteiger partial charge is 0.0819 e. The highest BCUT2D eigenvalue weighted by atomic mass is 15.2. The summed E-state index contributed by atoms with van der Waals surface area (Å²) in [6.07, 6.45) is 0. The second-order valence-corrected chi connectivity index (χ2v) is 7.65. The molecule has 4 aromatic carbocycles. The third kappa shape index (κ3) is 2.57. The van der Waals surface area contributed by atoms with Gasteiger partial charge < -0.3 is 0 Å². The molecule has 0 saturated heterocycles. The van der Waals surface area contributed by atoms with E-state index in [1.54, 1.807) is 0 Å². The van der Waals surface area contributed by atoms with Crippen LogP contribution in [0.15, 0.2) is 95.1 Å². The van der Waals surface area contributed by atoms with Crippen LogP contribution >= 0.6 is 0 Å². The third-order valence-corrected chi connectivity index (χ3v) is 5.46. The lowest BCUT2D eigenvalue weighted by Crippen LogP contribution is -2.31. The van der Waals surface area contributed by atoms with Gasteiger partial charge in [0.2, 0.25) is 0 Å². The Morgan fingerprint density at radius 2 is 1.07 bits per heavy atom. The van der Waals surface area contributed by atoms with E-state index in [1.807, 2.05) is 18.2 Å². The van der Waals surface area contributed by atoms with E-state index >= 15 is 0 Å². The minimum absolute atomic E-state index is 0.230. The summed E-state index contributed by atoms with van der Waals surface area (Å²) < 4.78 is 0. The molecule has 0 fully saturated rings. The van der Waals surface area contributed by atoms with Gasteiger partial charge in [0.25, 0.3) is 0 Å². The Morgan fingerprint density at radius 3 is 1.78 bits per heavy atom. The average Bonchev–Trinajstić information content (AvgIpc) is 3.01. The van der Waals surface area contributed by atoms with E-state index in [4.69, 9.17) is 0 Å². The molecule has 0 bridgehead atoms. The van der Waals surface area contributed by atoms with Crippen molar-refractivity contribution in [2.75, 3.05) is 0 Å². The molecule has 0 spiro atoms. The molecule has 0 radical (unpaired) electrons. The highest BCUT2D eigenvalue weighted by Gasteiger charge is 2.37.